The minimum absolute atomic E-state index is 0.130. The molecule has 1 heterocycles. The SMILES string of the molecule is CC[NH+]1CCN(C(=O)[C@H](C)NS(=O)(=O)c2ccc(OC)c(C)c2)CC1. The number of ether oxygens (including phenoxy) is 1. The first-order chi connectivity index (χ1) is 11.8. The number of quaternary nitrogens is 1. The molecule has 2 rings (SSSR count). The Bertz CT molecular complexity index is 713. The minimum Gasteiger partial charge on any atom is -0.496 e. The Kier molecular flexibility index (Phi) is 6.42. The maximum absolute atomic E-state index is 12.6. The van der Waals surface area contributed by atoms with Crippen molar-refractivity contribution in [2.24, 2.45) is 0 Å². The average molecular weight is 370 g/mol. The van der Waals surface area contributed by atoms with Crippen molar-refractivity contribution in [2.45, 2.75) is 31.7 Å². The Hall–Kier alpha value is -1.64. The molecule has 0 spiro atoms. The van der Waals surface area contributed by atoms with E-state index in [1.54, 1.807) is 30.9 Å². The number of nitrogens with one attached hydrogen (secondary N) is 2. The lowest BCUT2D eigenvalue weighted by molar-refractivity contribution is -0.902. The van der Waals surface area contributed by atoms with E-state index in [0.717, 1.165) is 25.2 Å². The standard InChI is InChI=1S/C17H27N3O4S/c1-5-19-8-10-20(11-9-19)17(21)14(3)18-25(22,23)15-6-7-16(24-4)13(2)12-15/h6-7,12,14,18H,5,8-11H2,1-4H3/p+1/t14-/m0/s1. The lowest BCUT2D eigenvalue weighted by Gasteiger charge is -2.33. The van der Waals surface area contributed by atoms with Gasteiger partial charge in [-0.3, -0.25) is 4.79 Å². The highest BCUT2D eigenvalue weighted by Gasteiger charge is 2.29. The first kappa shape index (κ1) is 19.7. The number of likely N-dealkylation sites (N-methyl/N-ethyl adjacent to an activating group) is 1. The number of hydrogen-bond donors (Lipinski definition) is 2. The zero-order valence-electron chi connectivity index (χ0n) is 15.3. The van der Waals surface area contributed by atoms with Crippen LogP contribution < -0.4 is 14.4 Å². The van der Waals surface area contributed by atoms with Crippen LogP contribution in [0.5, 0.6) is 5.75 Å². The summed E-state index contributed by atoms with van der Waals surface area (Å²) in [4.78, 5) is 15.9. The van der Waals surface area contributed by atoms with Crippen LogP contribution in [0.3, 0.4) is 0 Å². The summed E-state index contributed by atoms with van der Waals surface area (Å²) in [5.41, 5.74) is 0.725. The van der Waals surface area contributed by atoms with E-state index in [2.05, 4.69) is 11.6 Å². The van der Waals surface area contributed by atoms with Crippen molar-refractivity contribution >= 4 is 15.9 Å². The Morgan fingerprint density at radius 1 is 1.36 bits per heavy atom. The molecule has 25 heavy (non-hydrogen) atoms. The van der Waals surface area contributed by atoms with E-state index in [0.29, 0.717) is 18.8 Å². The van der Waals surface area contributed by atoms with Crippen LogP contribution >= 0.6 is 0 Å². The van der Waals surface area contributed by atoms with E-state index < -0.39 is 16.1 Å². The summed E-state index contributed by atoms with van der Waals surface area (Å²) < 4.78 is 32.8. The number of nitrogens with zero attached hydrogens (tertiary/aromatic N) is 1. The van der Waals surface area contributed by atoms with Gasteiger partial charge in [-0.25, -0.2) is 8.42 Å². The van der Waals surface area contributed by atoms with Crippen LogP contribution in [0.1, 0.15) is 19.4 Å². The van der Waals surface area contributed by atoms with Crippen molar-refractivity contribution in [1.29, 1.82) is 0 Å². The number of aryl methyl sites for hydroxylation is 1. The van der Waals surface area contributed by atoms with E-state index in [1.165, 1.54) is 18.1 Å². The van der Waals surface area contributed by atoms with Gasteiger partial charge in [0.25, 0.3) is 0 Å². The van der Waals surface area contributed by atoms with E-state index in [-0.39, 0.29) is 10.8 Å². The number of carbonyl (C=O) groups is 1. The van der Waals surface area contributed by atoms with Crippen molar-refractivity contribution in [3.63, 3.8) is 0 Å². The van der Waals surface area contributed by atoms with Gasteiger partial charge in [-0.15, -0.1) is 0 Å². The van der Waals surface area contributed by atoms with Crippen molar-refractivity contribution in [2.75, 3.05) is 39.8 Å². The van der Waals surface area contributed by atoms with Gasteiger partial charge >= 0.3 is 0 Å². The average Bonchev–Trinajstić information content (AvgIpc) is 2.60. The Balaban J connectivity index is 2.04. The predicted molar refractivity (Wildman–Crippen MR) is 95.3 cm³/mol. The van der Waals surface area contributed by atoms with Gasteiger partial charge in [0.05, 0.1) is 50.8 Å². The van der Waals surface area contributed by atoms with Gasteiger partial charge in [-0.2, -0.15) is 4.72 Å². The lowest BCUT2D eigenvalue weighted by atomic mass is 10.2. The molecule has 1 saturated heterocycles. The molecule has 1 aliphatic rings. The Labute approximate surface area is 150 Å². The molecular weight excluding hydrogens is 342 g/mol. The normalized spacial score (nSPS) is 17.4. The molecule has 1 amide bonds. The fourth-order valence-electron chi connectivity index (χ4n) is 3.04. The van der Waals surface area contributed by atoms with Crippen LogP contribution in [-0.2, 0) is 14.8 Å². The largest absolute Gasteiger partial charge is 0.496 e. The first-order valence-corrected chi connectivity index (χ1v) is 10.1. The monoisotopic (exact) mass is 370 g/mol. The second-order valence-electron chi connectivity index (χ2n) is 6.40. The van der Waals surface area contributed by atoms with E-state index in [4.69, 9.17) is 4.74 Å². The minimum atomic E-state index is -3.76. The van der Waals surface area contributed by atoms with Crippen LogP contribution in [0, 0.1) is 6.92 Å². The molecule has 0 radical (unpaired) electrons. The van der Waals surface area contributed by atoms with Gasteiger partial charge in [0.2, 0.25) is 15.9 Å². The number of amides is 1. The molecule has 8 heteroatoms. The number of sulfonamides is 1. The second-order valence-corrected chi connectivity index (χ2v) is 8.12. The third-order valence-electron chi connectivity index (χ3n) is 4.66. The number of rotatable bonds is 6. The summed E-state index contributed by atoms with van der Waals surface area (Å²) in [7, 11) is -2.23. The quantitative estimate of drug-likeness (QED) is 0.702. The molecule has 1 fully saturated rings. The number of carbonyl (C=O) groups excluding carboxylic acids is 1. The Morgan fingerprint density at radius 3 is 2.52 bits per heavy atom. The van der Waals surface area contributed by atoms with Crippen molar-refractivity contribution in [1.82, 2.24) is 9.62 Å². The van der Waals surface area contributed by atoms with Crippen molar-refractivity contribution in [3.8, 4) is 5.75 Å². The third kappa shape index (κ3) is 4.71. The number of methoxy groups -OCH3 is 1. The molecule has 0 saturated carbocycles. The fraction of sp³-hybridized carbons (Fsp3) is 0.588. The Morgan fingerprint density at radius 2 is 2.00 bits per heavy atom. The van der Waals surface area contributed by atoms with Crippen LogP contribution in [0.15, 0.2) is 23.1 Å². The first-order valence-electron chi connectivity index (χ1n) is 8.57. The highest BCUT2D eigenvalue weighted by molar-refractivity contribution is 7.89. The molecule has 0 aliphatic carbocycles. The number of benzene rings is 1. The summed E-state index contributed by atoms with van der Waals surface area (Å²) in [6, 6.07) is 3.84. The summed E-state index contributed by atoms with van der Waals surface area (Å²) in [5, 5.41) is 0. The number of hydrogen-bond acceptors (Lipinski definition) is 4. The van der Waals surface area contributed by atoms with E-state index in [9.17, 15) is 13.2 Å². The summed E-state index contributed by atoms with van der Waals surface area (Å²) >= 11 is 0. The molecule has 0 bridgehead atoms. The van der Waals surface area contributed by atoms with Crippen LogP contribution in [0.25, 0.3) is 0 Å². The maximum atomic E-state index is 12.6. The van der Waals surface area contributed by atoms with Crippen molar-refractivity contribution < 1.29 is 22.8 Å². The molecule has 7 nitrogen and oxygen atoms in total. The topological polar surface area (TPSA) is 80.2 Å². The molecule has 1 aromatic rings. The summed E-state index contributed by atoms with van der Waals surface area (Å²) in [6.45, 7) is 9.67. The molecule has 2 N–H and O–H groups in total. The fourth-order valence-corrected chi connectivity index (χ4v) is 4.32. The zero-order chi connectivity index (χ0) is 18.6. The summed E-state index contributed by atoms with van der Waals surface area (Å²) in [6.07, 6.45) is 0. The molecule has 1 atom stereocenters. The molecule has 1 aliphatic heterocycles. The van der Waals surface area contributed by atoms with E-state index in [1.807, 2.05) is 0 Å². The maximum Gasteiger partial charge on any atom is 0.241 e. The number of piperazine rings is 1. The molecule has 0 unspecified atom stereocenters. The molecule has 0 aromatic heterocycles. The third-order valence-corrected chi connectivity index (χ3v) is 6.20. The molecule has 140 valence electrons. The van der Waals surface area contributed by atoms with Gasteiger partial charge in [0.15, 0.2) is 0 Å². The lowest BCUT2D eigenvalue weighted by Crippen LogP contribution is -3.14. The van der Waals surface area contributed by atoms with Gasteiger partial charge in [-0.1, -0.05) is 0 Å². The zero-order valence-corrected chi connectivity index (χ0v) is 16.1. The highest BCUT2D eigenvalue weighted by Crippen LogP contribution is 2.21. The van der Waals surface area contributed by atoms with Crippen molar-refractivity contribution in [3.05, 3.63) is 23.8 Å². The van der Waals surface area contributed by atoms with E-state index >= 15 is 0 Å². The van der Waals surface area contributed by atoms with Gasteiger partial charge in [-0.05, 0) is 44.5 Å². The second kappa shape index (κ2) is 8.16. The predicted octanol–water partition coefficient (Wildman–Crippen LogP) is -0.583. The highest BCUT2D eigenvalue weighted by atomic mass is 32.2. The molecular formula is C17H28N3O4S+. The summed E-state index contributed by atoms with van der Waals surface area (Å²) in [5.74, 6) is 0.448. The molecule has 1 aromatic carbocycles. The van der Waals surface area contributed by atoms with Crippen LogP contribution in [0.4, 0.5) is 0 Å². The van der Waals surface area contributed by atoms with Gasteiger partial charge < -0.3 is 14.5 Å². The van der Waals surface area contributed by atoms with Gasteiger partial charge in [0.1, 0.15) is 5.75 Å². The van der Waals surface area contributed by atoms with Crippen LogP contribution in [-0.4, -0.2) is 65.1 Å². The van der Waals surface area contributed by atoms with Crippen LogP contribution in [0.2, 0.25) is 0 Å². The smallest absolute Gasteiger partial charge is 0.241 e. The van der Waals surface area contributed by atoms with Gasteiger partial charge in [0, 0.05) is 0 Å².